The zero-order valence-corrected chi connectivity index (χ0v) is 11.8. The van der Waals surface area contributed by atoms with Crippen molar-refractivity contribution in [1.29, 1.82) is 0 Å². The van der Waals surface area contributed by atoms with Crippen molar-refractivity contribution in [1.82, 2.24) is 4.90 Å². The molecule has 2 atom stereocenters. The van der Waals surface area contributed by atoms with Crippen LogP contribution in [0.4, 0.5) is 0 Å². The first-order valence-electron chi connectivity index (χ1n) is 6.47. The Morgan fingerprint density at radius 1 is 1.58 bits per heavy atom. The van der Waals surface area contributed by atoms with Crippen LogP contribution in [0, 0.1) is 0 Å². The van der Waals surface area contributed by atoms with Crippen LogP contribution in [0.5, 0.6) is 0 Å². The van der Waals surface area contributed by atoms with Crippen LogP contribution >= 0.6 is 11.6 Å². The van der Waals surface area contributed by atoms with Gasteiger partial charge in [-0.1, -0.05) is 29.8 Å². The van der Waals surface area contributed by atoms with Gasteiger partial charge in [-0.05, 0) is 13.0 Å². The lowest BCUT2D eigenvalue weighted by molar-refractivity contribution is -0.139. The second-order valence-corrected chi connectivity index (χ2v) is 5.31. The second kappa shape index (κ2) is 6.37. The van der Waals surface area contributed by atoms with Gasteiger partial charge in [0.1, 0.15) is 6.10 Å². The Kier molecular flexibility index (Phi) is 4.80. The molecule has 19 heavy (non-hydrogen) atoms. The number of hydrogen-bond donors (Lipinski definition) is 1. The summed E-state index contributed by atoms with van der Waals surface area (Å²) in [6.45, 7) is 3.52. The molecule has 1 fully saturated rings. The summed E-state index contributed by atoms with van der Waals surface area (Å²) in [5, 5.41) is 0.675. The number of amides is 1. The van der Waals surface area contributed by atoms with Gasteiger partial charge in [0.05, 0.1) is 13.2 Å². The van der Waals surface area contributed by atoms with Crippen LogP contribution < -0.4 is 5.73 Å². The first-order chi connectivity index (χ1) is 9.08. The van der Waals surface area contributed by atoms with Gasteiger partial charge < -0.3 is 15.4 Å². The number of carbonyl (C=O) groups excluding carboxylic acids is 1. The maximum atomic E-state index is 12.0. The van der Waals surface area contributed by atoms with E-state index in [0.29, 0.717) is 31.1 Å². The zero-order chi connectivity index (χ0) is 13.8. The molecule has 1 aromatic carbocycles. The average Bonchev–Trinajstić information content (AvgIpc) is 2.38. The van der Waals surface area contributed by atoms with Gasteiger partial charge in [-0.2, -0.15) is 0 Å². The fraction of sp³-hybridized carbons (Fsp3) is 0.500. The van der Waals surface area contributed by atoms with Gasteiger partial charge in [0.2, 0.25) is 5.91 Å². The van der Waals surface area contributed by atoms with Crippen LogP contribution in [0.25, 0.3) is 0 Å². The minimum atomic E-state index is -0.153. The molecule has 0 radical (unpaired) electrons. The van der Waals surface area contributed by atoms with Gasteiger partial charge in [0.25, 0.3) is 0 Å². The molecule has 0 aromatic heterocycles. The van der Waals surface area contributed by atoms with E-state index >= 15 is 0 Å². The molecule has 1 aliphatic rings. The van der Waals surface area contributed by atoms with Crippen molar-refractivity contribution in [2.75, 3.05) is 19.7 Å². The maximum absolute atomic E-state index is 12.0. The van der Waals surface area contributed by atoms with Crippen LogP contribution in [0.1, 0.15) is 25.0 Å². The van der Waals surface area contributed by atoms with Crippen molar-refractivity contribution < 1.29 is 9.53 Å². The predicted molar refractivity (Wildman–Crippen MR) is 75.0 cm³/mol. The third kappa shape index (κ3) is 3.69. The van der Waals surface area contributed by atoms with Crippen molar-refractivity contribution in [3.63, 3.8) is 0 Å². The number of rotatable bonds is 3. The molecule has 5 heteroatoms. The normalized spacial score (nSPS) is 21.2. The van der Waals surface area contributed by atoms with Gasteiger partial charge >= 0.3 is 0 Å². The van der Waals surface area contributed by atoms with E-state index in [1.54, 1.807) is 4.90 Å². The molecule has 104 valence electrons. The minimum Gasteiger partial charge on any atom is -0.370 e. The van der Waals surface area contributed by atoms with E-state index < -0.39 is 0 Å². The Balaban J connectivity index is 2.05. The van der Waals surface area contributed by atoms with Crippen molar-refractivity contribution in [2.24, 2.45) is 5.73 Å². The van der Waals surface area contributed by atoms with Gasteiger partial charge in [0, 0.05) is 29.6 Å². The lowest BCUT2D eigenvalue weighted by atomic mass is 10.1. The number of benzene rings is 1. The number of ether oxygens (including phenoxy) is 1. The van der Waals surface area contributed by atoms with E-state index in [-0.39, 0.29) is 18.1 Å². The van der Waals surface area contributed by atoms with Crippen molar-refractivity contribution >= 4 is 17.5 Å². The number of carbonyl (C=O) groups is 1. The highest BCUT2D eigenvalue weighted by atomic mass is 35.5. The van der Waals surface area contributed by atoms with E-state index in [2.05, 4.69) is 0 Å². The smallest absolute Gasteiger partial charge is 0.224 e. The molecule has 0 aliphatic carbocycles. The first-order valence-corrected chi connectivity index (χ1v) is 6.85. The topological polar surface area (TPSA) is 55.6 Å². The van der Waals surface area contributed by atoms with E-state index in [1.807, 2.05) is 31.2 Å². The molecule has 1 amide bonds. The van der Waals surface area contributed by atoms with E-state index in [1.165, 1.54) is 0 Å². The van der Waals surface area contributed by atoms with Crippen molar-refractivity contribution in [3.8, 4) is 0 Å². The predicted octanol–water partition coefficient (Wildman–Crippen LogP) is 1.98. The standard InChI is InChI=1S/C14H19ClN2O2/c1-10(16)8-14(18)17-6-7-19-13(9-17)11-4-2-3-5-12(11)15/h2-5,10,13H,6-9,16H2,1H3. The summed E-state index contributed by atoms with van der Waals surface area (Å²) in [5.41, 5.74) is 6.60. The van der Waals surface area contributed by atoms with Crippen LogP contribution in [0.2, 0.25) is 5.02 Å². The summed E-state index contributed by atoms with van der Waals surface area (Å²) in [5.74, 6) is 0.0790. The molecule has 4 nitrogen and oxygen atoms in total. The molecule has 0 saturated carbocycles. The number of nitrogens with zero attached hydrogens (tertiary/aromatic N) is 1. The molecule has 0 spiro atoms. The van der Waals surface area contributed by atoms with Crippen LogP contribution in [-0.4, -0.2) is 36.5 Å². The van der Waals surface area contributed by atoms with Gasteiger partial charge in [-0.15, -0.1) is 0 Å². The maximum Gasteiger partial charge on any atom is 0.224 e. The lowest BCUT2D eigenvalue weighted by Gasteiger charge is -2.34. The first kappa shape index (κ1) is 14.3. The molecule has 2 N–H and O–H groups in total. The Labute approximate surface area is 118 Å². The second-order valence-electron chi connectivity index (χ2n) is 4.90. The summed E-state index contributed by atoms with van der Waals surface area (Å²) in [6.07, 6.45) is 0.217. The fourth-order valence-electron chi connectivity index (χ4n) is 2.20. The highest BCUT2D eigenvalue weighted by Gasteiger charge is 2.26. The molecule has 1 aliphatic heterocycles. The highest BCUT2D eigenvalue weighted by Crippen LogP contribution is 2.28. The SMILES string of the molecule is CC(N)CC(=O)N1CCOC(c2ccccc2Cl)C1. The summed E-state index contributed by atoms with van der Waals surface area (Å²) >= 11 is 6.17. The van der Waals surface area contributed by atoms with Gasteiger partial charge in [0.15, 0.2) is 0 Å². The minimum absolute atomic E-state index is 0.0790. The van der Waals surface area contributed by atoms with Gasteiger partial charge in [-0.25, -0.2) is 0 Å². The molecule has 0 bridgehead atoms. The average molecular weight is 283 g/mol. The lowest BCUT2D eigenvalue weighted by Crippen LogP contribution is -2.43. The van der Waals surface area contributed by atoms with Crippen molar-refractivity contribution in [2.45, 2.75) is 25.5 Å². The molecule has 1 aromatic rings. The molecule has 1 saturated heterocycles. The number of hydrogen-bond acceptors (Lipinski definition) is 3. The number of nitrogens with two attached hydrogens (primary N) is 1. The summed E-state index contributed by atoms with van der Waals surface area (Å²) in [4.78, 5) is 13.8. The third-order valence-corrected chi connectivity index (χ3v) is 3.51. The molecule has 1 heterocycles. The zero-order valence-electron chi connectivity index (χ0n) is 11.0. The summed E-state index contributed by atoms with van der Waals surface area (Å²) in [6, 6.07) is 7.46. The monoisotopic (exact) mass is 282 g/mol. The Morgan fingerprint density at radius 2 is 2.32 bits per heavy atom. The number of halogens is 1. The van der Waals surface area contributed by atoms with Crippen LogP contribution in [-0.2, 0) is 9.53 Å². The summed E-state index contributed by atoms with van der Waals surface area (Å²) < 4.78 is 5.72. The molecule has 2 rings (SSSR count). The largest absolute Gasteiger partial charge is 0.370 e. The molecular formula is C14H19ClN2O2. The number of morpholine rings is 1. The summed E-state index contributed by atoms with van der Waals surface area (Å²) in [7, 11) is 0. The van der Waals surface area contributed by atoms with E-state index in [0.717, 1.165) is 5.56 Å². The molecule has 2 unspecified atom stereocenters. The Bertz CT molecular complexity index is 451. The quantitative estimate of drug-likeness (QED) is 0.922. The van der Waals surface area contributed by atoms with Crippen molar-refractivity contribution in [3.05, 3.63) is 34.9 Å². The van der Waals surface area contributed by atoms with E-state index in [9.17, 15) is 4.79 Å². The van der Waals surface area contributed by atoms with Crippen LogP contribution in [0.3, 0.4) is 0 Å². The Morgan fingerprint density at radius 3 is 3.00 bits per heavy atom. The van der Waals surface area contributed by atoms with Crippen LogP contribution in [0.15, 0.2) is 24.3 Å². The highest BCUT2D eigenvalue weighted by molar-refractivity contribution is 6.31. The third-order valence-electron chi connectivity index (χ3n) is 3.17. The van der Waals surface area contributed by atoms with Gasteiger partial charge in [-0.3, -0.25) is 4.79 Å². The van der Waals surface area contributed by atoms with E-state index in [4.69, 9.17) is 22.1 Å². The Hall–Kier alpha value is -1.10. The molecular weight excluding hydrogens is 264 g/mol. The fourth-order valence-corrected chi connectivity index (χ4v) is 2.46.